The number of nitrogens with one attached hydrogen (secondary N) is 1. The molecule has 0 aliphatic heterocycles. The van der Waals surface area contributed by atoms with Gasteiger partial charge in [-0.15, -0.1) is 0 Å². The van der Waals surface area contributed by atoms with Gasteiger partial charge in [-0.1, -0.05) is 67.4 Å². The molecule has 0 heterocycles. The first-order valence-corrected chi connectivity index (χ1v) is 10.2. The Morgan fingerprint density at radius 3 is 2.46 bits per heavy atom. The summed E-state index contributed by atoms with van der Waals surface area (Å²) >= 11 is 6.04. The molecule has 0 saturated carbocycles. The van der Waals surface area contributed by atoms with Crippen LogP contribution in [-0.4, -0.2) is 35.8 Å². The number of benzene rings is 2. The fourth-order valence-electron chi connectivity index (χ4n) is 3.03. The van der Waals surface area contributed by atoms with Crippen molar-refractivity contribution in [3.8, 4) is 0 Å². The first kappa shape index (κ1) is 22.0. The van der Waals surface area contributed by atoms with E-state index in [9.17, 15) is 9.59 Å². The van der Waals surface area contributed by atoms with Gasteiger partial charge >= 0.3 is 0 Å². The van der Waals surface area contributed by atoms with Crippen LogP contribution in [-0.2, 0) is 22.4 Å². The average Bonchev–Trinajstić information content (AvgIpc) is 2.69. The largest absolute Gasteiger partial charge is 0.354 e. The van der Waals surface area contributed by atoms with Crippen molar-refractivity contribution in [2.45, 2.75) is 45.6 Å². The maximum absolute atomic E-state index is 13.0. The van der Waals surface area contributed by atoms with Crippen LogP contribution in [0.2, 0.25) is 5.02 Å². The van der Waals surface area contributed by atoms with Crippen molar-refractivity contribution in [2.75, 3.05) is 13.1 Å². The van der Waals surface area contributed by atoms with Crippen LogP contribution in [0.4, 0.5) is 0 Å². The molecule has 0 radical (unpaired) electrons. The van der Waals surface area contributed by atoms with Gasteiger partial charge in [0.15, 0.2) is 0 Å². The van der Waals surface area contributed by atoms with Crippen LogP contribution in [0.3, 0.4) is 0 Å². The molecule has 28 heavy (non-hydrogen) atoms. The predicted molar refractivity (Wildman–Crippen MR) is 114 cm³/mol. The van der Waals surface area contributed by atoms with Crippen molar-refractivity contribution in [2.24, 2.45) is 0 Å². The van der Waals surface area contributed by atoms with Crippen molar-refractivity contribution in [3.05, 3.63) is 70.7 Å². The molecule has 0 spiro atoms. The highest BCUT2D eigenvalue weighted by Crippen LogP contribution is 2.14. The van der Waals surface area contributed by atoms with Gasteiger partial charge in [0.05, 0.1) is 6.42 Å². The average molecular weight is 401 g/mol. The van der Waals surface area contributed by atoms with Crippen LogP contribution < -0.4 is 5.32 Å². The number of carbonyl (C=O) groups excluding carboxylic acids is 2. The lowest BCUT2D eigenvalue weighted by Gasteiger charge is -2.29. The fourth-order valence-corrected chi connectivity index (χ4v) is 3.24. The molecule has 5 heteroatoms. The van der Waals surface area contributed by atoms with E-state index in [-0.39, 0.29) is 18.2 Å². The van der Waals surface area contributed by atoms with Crippen molar-refractivity contribution in [3.63, 3.8) is 0 Å². The van der Waals surface area contributed by atoms with Crippen molar-refractivity contribution in [1.29, 1.82) is 0 Å². The van der Waals surface area contributed by atoms with Gasteiger partial charge in [0, 0.05) is 18.1 Å². The summed E-state index contributed by atoms with van der Waals surface area (Å²) < 4.78 is 0. The van der Waals surface area contributed by atoms with Gasteiger partial charge in [0.25, 0.3) is 0 Å². The SMILES string of the molecule is CCCCNC(=O)[C@H](C)N(CCc1ccccc1)C(=O)Cc1cccc(Cl)c1. The summed E-state index contributed by atoms with van der Waals surface area (Å²) in [4.78, 5) is 27.3. The zero-order chi connectivity index (χ0) is 20.4. The number of unbranched alkanes of at least 4 members (excludes halogenated alkanes) is 1. The van der Waals surface area contributed by atoms with E-state index >= 15 is 0 Å². The molecule has 0 bridgehead atoms. The van der Waals surface area contributed by atoms with E-state index < -0.39 is 6.04 Å². The minimum atomic E-state index is -0.521. The van der Waals surface area contributed by atoms with E-state index in [1.54, 1.807) is 24.0 Å². The van der Waals surface area contributed by atoms with Crippen LogP contribution in [0.1, 0.15) is 37.8 Å². The second kappa shape index (κ2) is 11.5. The Kier molecular flexibility index (Phi) is 9.02. The van der Waals surface area contributed by atoms with Gasteiger partial charge in [-0.25, -0.2) is 0 Å². The van der Waals surface area contributed by atoms with E-state index in [4.69, 9.17) is 11.6 Å². The third-order valence-electron chi connectivity index (χ3n) is 4.73. The lowest BCUT2D eigenvalue weighted by molar-refractivity contribution is -0.139. The maximum atomic E-state index is 13.0. The summed E-state index contributed by atoms with van der Waals surface area (Å²) in [5.74, 6) is -0.183. The monoisotopic (exact) mass is 400 g/mol. The molecule has 2 aromatic rings. The Morgan fingerprint density at radius 1 is 1.07 bits per heavy atom. The summed E-state index contributed by atoms with van der Waals surface area (Å²) in [7, 11) is 0. The normalized spacial score (nSPS) is 11.7. The summed E-state index contributed by atoms with van der Waals surface area (Å²) in [5.41, 5.74) is 1.99. The molecule has 0 unspecified atom stereocenters. The van der Waals surface area contributed by atoms with Crippen LogP contribution in [0.15, 0.2) is 54.6 Å². The molecule has 2 aromatic carbocycles. The van der Waals surface area contributed by atoms with Gasteiger partial charge < -0.3 is 10.2 Å². The third-order valence-corrected chi connectivity index (χ3v) is 4.96. The first-order chi connectivity index (χ1) is 13.5. The van der Waals surface area contributed by atoms with E-state index in [1.165, 1.54) is 0 Å². The van der Waals surface area contributed by atoms with Crippen molar-refractivity contribution < 1.29 is 9.59 Å². The number of hydrogen-bond acceptors (Lipinski definition) is 2. The summed E-state index contributed by atoms with van der Waals surface area (Å²) in [6.45, 7) is 5.00. The third kappa shape index (κ3) is 7.01. The Labute approximate surface area is 172 Å². The van der Waals surface area contributed by atoms with Crippen LogP contribution in [0, 0.1) is 0 Å². The topological polar surface area (TPSA) is 49.4 Å². The van der Waals surface area contributed by atoms with Crippen LogP contribution >= 0.6 is 11.6 Å². The molecule has 1 atom stereocenters. The van der Waals surface area contributed by atoms with Gasteiger partial charge in [0.2, 0.25) is 11.8 Å². The molecule has 0 fully saturated rings. The Balaban J connectivity index is 2.09. The highest BCUT2D eigenvalue weighted by atomic mass is 35.5. The lowest BCUT2D eigenvalue weighted by Crippen LogP contribution is -2.49. The van der Waals surface area contributed by atoms with Crippen LogP contribution in [0.5, 0.6) is 0 Å². The van der Waals surface area contributed by atoms with Crippen molar-refractivity contribution in [1.82, 2.24) is 10.2 Å². The number of hydrogen-bond donors (Lipinski definition) is 1. The standard InChI is InChI=1S/C23H29ClN2O2/c1-3-4-14-25-23(28)18(2)26(15-13-19-9-6-5-7-10-19)22(27)17-20-11-8-12-21(24)16-20/h5-12,16,18H,3-4,13-15,17H2,1-2H3,(H,25,28)/t18-/m0/s1. The summed E-state index contributed by atoms with van der Waals surface area (Å²) in [6, 6.07) is 16.8. The number of carbonyl (C=O) groups is 2. The molecule has 0 aliphatic carbocycles. The molecule has 0 saturated heterocycles. The predicted octanol–water partition coefficient (Wildman–Crippen LogP) is 4.26. The molecular formula is C23H29ClN2O2. The van der Waals surface area contributed by atoms with Gasteiger partial charge in [-0.2, -0.15) is 0 Å². The summed E-state index contributed by atoms with van der Waals surface area (Å²) in [6.07, 6.45) is 2.87. The quantitative estimate of drug-likeness (QED) is 0.606. The second-order valence-corrected chi connectivity index (χ2v) is 7.39. The second-order valence-electron chi connectivity index (χ2n) is 6.95. The number of rotatable bonds is 10. The van der Waals surface area contributed by atoms with Gasteiger partial charge in [-0.05, 0) is 43.0 Å². The molecule has 0 aliphatic rings. The first-order valence-electron chi connectivity index (χ1n) is 9.86. The minimum absolute atomic E-state index is 0.0728. The smallest absolute Gasteiger partial charge is 0.242 e. The molecule has 2 rings (SSSR count). The molecule has 0 aromatic heterocycles. The van der Waals surface area contributed by atoms with E-state index in [2.05, 4.69) is 12.2 Å². The zero-order valence-corrected chi connectivity index (χ0v) is 17.4. The molecule has 2 amide bonds. The Bertz CT molecular complexity index is 764. The Hall–Kier alpha value is -2.33. The fraction of sp³-hybridized carbons (Fsp3) is 0.391. The molecular weight excluding hydrogens is 372 g/mol. The Morgan fingerprint density at radius 2 is 1.79 bits per heavy atom. The van der Waals surface area contributed by atoms with Crippen molar-refractivity contribution >= 4 is 23.4 Å². The minimum Gasteiger partial charge on any atom is -0.354 e. The molecule has 1 N–H and O–H groups in total. The number of amides is 2. The molecule has 4 nitrogen and oxygen atoms in total. The summed E-state index contributed by atoms with van der Waals surface area (Å²) in [5, 5.41) is 3.54. The number of nitrogens with zero attached hydrogens (tertiary/aromatic N) is 1. The molecule has 150 valence electrons. The van der Waals surface area contributed by atoms with Gasteiger partial charge in [-0.3, -0.25) is 9.59 Å². The van der Waals surface area contributed by atoms with E-state index in [1.807, 2.05) is 42.5 Å². The zero-order valence-electron chi connectivity index (χ0n) is 16.7. The lowest BCUT2D eigenvalue weighted by atomic mass is 10.1. The highest BCUT2D eigenvalue weighted by molar-refractivity contribution is 6.30. The van der Waals surface area contributed by atoms with E-state index in [0.29, 0.717) is 24.5 Å². The number of halogens is 1. The maximum Gasteiger partial charge on any atom is 0.242 e. The van der Waals surface area contributed by atoms with Gasteiger partial charge in [0.1, 0.15) is 6.04 Å². The highest BCUT2D eigenvalue weighted by Gasteiger charge is 2.25. The van der Waals surface area contributed by atoms with E-state index in [0.717, 1.165) is 24.0 Å². The van der Waals surface area contributed by atoms with Crippen LogP contribution in [0.25, 0.3) is 0 Å².